The van der Waals surface area contributed by atoms with Crippen LogP contribution in [0, 0.1) is 11.8 Å². The number of hydrogen-bond acceptors (Lipinski definition) is 3. The third-order valence-electron chi connectivity index (χ3n) is 5.42. The van der Waals surface area contributed by atoms with Crippen molar-refractivity contribution in [3.05, 3.63) is 36.1 Å². The highest BCUT2D eigenvalue weighted by atomic mass is 19.4. The molecule has 0 unspecified atom stereocenters. The fourth-order valence-corrected chi connectivity index (χ4v) is 3.67. The first-order valence-corrected chi connectivity index (χ1v) is 9.59. The van der Waals surface area contributed by atoms with Crippen molar-refractivity contribution in [3.63, 3.8) is 0 Å². The van der Waals surface area contributed by atoms with E-state index in [0.717, 1.165) is 24.1 Å². The Hall–Kier alpha value is -2.31. The van der Waals surface area contributed by atoms with Gasteiger partial charge in [0.05, 0.1) is 18.7 Å². The molecule has 0 saturated heterocycles. The molecule has 152 valence electrons. The molecule has 0 atom stereocenters. The van der Waals surface area contributed by atoms with E-state index in [1.54, 1.807) is 13.2 Å². The maximum atomic E-state index is 12.8. The summed E-state index contributed by atoms with van der Waals surface area (Å²) < 4.78 is 44.1. The standard InChI is InChI=1S/C21H25F3N2O2/c1-3-18(27)25-17-12-15(20(28-2)19(26-17)14-8-9-14)7-4-13-5-10-16(11-6-13)21(22,23)24/h3-4,7,12-14,16H,1,5-6,8-11H2,2H3,(H,25,26,27). The average molecular weight is 394 g/mol. The largest absolute Gasteiger partial charge is 0.494 e. The lowest BCUT2D eigenvalue weighted by molar-refractivity contribution is -0.183. The summed E-state index contributed by atoms with van der Waals surface area (Å²) in [6.07, 6.45) is 4.33. The van der Waals surface area contributed by atoms with Gasteiger partial charge in [-0.3, -0.25) is 4.79 Å². The molecule has 2 fully saturated rings. The Morgan fingerprint density at radius 2 is 1.93 bits per heavy atom. The van der Waals surface area contributed by atoms with Gasteiger partial charge >= 0.3 is 6.18 Å². The van der Waals surface area contributed by atoms with Gasteiger partial charge in [-0.25, -0.2) is 4.98 Å². The van der Waals surface area contributed by atoms with E-state index < -0.39 is 12.1 Å². The molecule has 0 radical (unpaired) electrons. The zero-order valence-electron chi connectivity index (χ0n) is 15.9. The normalized spacial score (nSPS) is 22.9. The molecule has 3 rings (SSSR count). The second-order valence-electron chi connectivity index (χ2n) is 7.50. The van der Waals surface area contributed by atoms with Crippen molar-refractivity contribution in [2.75, 3.05) is 12.4 Å². The van der Waals surface area contributed by atoms with Crippen LogP contribution in [0.4, 0.5) is 19.0 Å². The number of carbonyl (C=O) groups is 1. The maximum Gasteiger partial charge on any atom is 0.391 e. The summed E-state index contributed by atoms with van der Waals surface area (Å²) in [6, 6.07) is 1.73. The average Bonchev–Trinajstić information content (AvgIpc) is 3.50. The van der Waals surface area contributed by atoms with E-state index in [2.05, 4.69) is 16.9 Å². The molecule has 1 aromatic rings. The van der Waals surface area contributed by atoms with Crippen molar-refractivity contribution in [2.24, 2.45) is 11.8 Å². The topological polar surface area (TPSA) is 51.2 Å². The third-order valence-corrected chi connectivity index (χ3v) is 5.42. The highest BCUT2D eigenvalue weighted by molar-refractivity contribution is 5.98. The van der Waals surface area contributed by atoms with Crippen molar-refractivity contribution < 1.29 is 22.7 Å². The number of ether oxygens (including phenoxy) is 1. The van der Waals surface area contributed by atoms with Gasteiger partial charge in [0.1, 0.15) is 11.6 Å². The molecule has 28 heavy (non-hydrogen) atoms. The Morgan fingerprint density at radius 3 is 2.46 bits per heavy atom. The predicted octanol–water partition coefficient (Wildman–Crippen LogP) is 5.47. The van der Waals surface area contributed by atoms with Gasteiger partial charge in [0.2, 0.25) is 5.91 Å². The van der Waals surface area contributed by atoms with Crippen LogP contribution in [0.3, 0.4) is 0 Å². The van der Waals surface area contributed by atoms with Gasteiger partial charge in [0.25, 0.3) is 0 Å². The zero-order chi connectivity index (χ0) is 20.3. The molecule has 0 spiro atoms. The second kappa shape index (κ2) is 8.37. The number of carbonyl (C=O) groups excluding carboxylic acids is 1. The lowest BCUT2D eigenvalue weighted by Gasteiger charge is -2.28. The summed E-state index contributed by atoms with van der Waals surface area (Å²) in [4.78, 5) is 16.2. The number of methoxy groups -OCH3 is 1. The van der Waals surface area contributed by atoms with Gasteiger partial charge in [-0.2, -0.15) is 13.2 Å². The fourth-order valence-electron chi connectivity index (χ4n) is 3.67. The molecular formula is C21H25F3N2O2. The maximum absolute atomic E-state index is 12.8. The number of aromatic nitrogens is 1. The first-order chi connectivity index (χ1) is 13.3. The number of nitrogens with one attached hydrogen (secondary N) is 1. The molecule has 2 aliphatic carbocycles. The second-order valence-corrected chi connectivity index (χ2v) is 7.50. The summed E-state index contributed by atoms with van der Waals surface area (Å²) in [7, 11) is 1.58. The Bertz CT molecular complexity index is 762. The Balaban J connectivity index is 1.79. The van der Waals surface area contributed by atoms with Crippen LogP contribution in [0.1, 0.15) is 55.7 Å². The quantitative estimate of drug-likeness (QED) is 0.651. The molecule has 0 aliphatic heterocycles. The molecule has 1 heterocycles. The number of pyridine rings is 1. The van der Waals surface area contributed by atoms with Crippen LogP contribution < -0.4 is 10.1 Å². The van der Waals surface area contributed by atoms with Crippen molar-refractivity contribution >= 4 is 17.8 Å². The molecule has 1 N–H and O–H groups in total. The van der Waals surface area contributed by atoms with E-state index >= 15 is 0 Å². The van der Waals surface area contributed by atoms with E-state index in [4.69, 9.17) is 4.74 Å². The highest BCUT2D eigenvalue weighted by Gasteiger charge is 2.41. The van der Waals surface area contributed by atoms with Crippen molar-refractivity contribution in [1.29, 1.82) is 0 Å². The first kappa shape index (κ1) is 20.4. The molecule has 4 nitrogen and oxygen atoms in total. The monoisotopic (exact) mass is 394 g/mol. The Kier molecular flexibility index (Phi) is 6.10. The van der Waals surface area contributed by atoms with E-state index in [1.807, 2.05) is 12.2 Å². The van der Waals surface area contributed by atoms with Gasteiger partial charge in [0.15, 0.2) is 0 Å². The van der Waals surface area contributed by atoms with E-state index in [1.165, 1.54) is 6.08 Å². The van der Waals surface area contributed by atoms with Crippen molar-refractivity contribution in [1.82, 2.24) is 4.98 Å². The van der Waals surface area contributed by atoms with Crippen molar-refractivity contribution in [2.45, 2.75) is 50.6 Å². The number of halogens is 3. The van der Waals surface area contributed by atoms with E-state index in [-0.39, 0.29) is 24.7 Å². The third kappa shape index (κ3) is 4.94. The summed E-state index contributed by atoms with van der Waals surface area (Å²) in [5, 5.41) is 2.68. The molecule has 0 aromatic carbocycles. The molecule has 0 bridgehead atoms. The van der Waals surface area contributed by atoms with Crippen LogP contribution in [-0.4, -0.2) is 24.2 Å². The number of anilines is 1. The molecule has 1 aromatic heterocycles. The Labute approximate surface area is 162 Å². The van der Waals surface area contributed by atoms with Gasteiger partial charge < -0.3 is 10.1 Å². The number of amides is 1. The minimum atomic E-state index is -4.10. The smallest absolute Gasteiger partial charge is 0.391 e. The number of alkyl halides is 3. The Morgan fingerprint density at radius 1 is 1.25 bits per heavy atom. The molecule has 2 aliphatic rings. The molecule has 7 heteroatoms. The van der Waals surface area contributed by atoms with Gasteiger partial charge in [0, 0.05) is 11.5 Å². The first-order valence-electron chi connectivity index (χ1n) is 9.59. The van der Waals surface area contributed by atoms with Crippen LogP contribution in [0.5, 0.6) is 5.75 Å². The summed E-state index contributed by atoms with van der Waals surface area (Å²) in [6.45, 7) is 3.45. The number of hydrogen-bond donors (Lipinski definition) is 1. The molecule has 1 amide bonds. The van der Waals surface area contributed by atoms with Crippen LogP contribution in [0.25, 0.3) is 6.08 Å². The van der Waals surface area contributed by atoms with Gasteiger partial charge in [-0.1, -0.05) is 18.7 Å². The van der Waals surface area contributed by atoms with Crippen LogP contribution in [0.2, 0.25) is 0 Å². The van der Waals surface area contributed by atoms with E-state index in [9.17, 15) is 18.0 Å². The van der Waals surface area contributed by atoms with Crippen LogP contribution in [-0.2, 0) is 4.79 Å². The van der Waals surface area contributed by atoms with Crippen LogP contribution >= 0.6 is 0 Å². The van der Waals surface area contributed by atoms with Gasteiger partial charge in [-0.15, -0.1) is 0 Å². The minimum absolute atomic E-state index is 0.104. The van der Waals surface area contributed by atoms with Crippen LogP contribution in [0.15, 0.2) is 24.8 Å². The summed E-state index contributed by atoms with van der Waals surface area (Å²) in [5.74, 6) is -0.0288. The minimum Gasteiger partial charge on any atom is -0.494 e. The summed E-state index contributed by atoms with van der Waals surface area (Å²) >= 11 is 0. The zero-order valence-corrected chi connectivity index (χ0v) is 15.9. The fraction of sp³-hybridized carbons (Fsp3) is 0.524. The number of nitrogens with zero attached hydrogens (tertiary/aromatic N) is 1. The number of rotatable bonds is 6. The predicted molar refractivity (Wildman–Crippen MR) is 102 cm³/mol. The summed E-state index contributed by atoms with van der Waals surface area (Å²) in [5.41, 5.74) is 1.58. The molecular weight excluding hydrogens is 369 g/mol. The lowest BCUT2D eigenvalue weighted by atomic mass is 9.81. The van der Waals surface area contributed by atoms with E-state index in [0.29, 0.717) is 30.3 Å². The van der Waals surface area contributed by atoms with Crippen molar-refractivity contribution in [3.8, 4) is 5.75 Å². The molecule has 2 saturated carbocycles. The highest BCUT2D eigenvalue weighted by Crippen LogP contribution is 2.45. The lowest BCUT2D eigenvalue weighted by Crippen LogP contribution is -2.27. The number of allylic oxidation sites excluding steroid dienone is 1. The van der Waals surface area contributed by atoms with Gasteiger partial charge in [-0.05, 0) is 56.6 Å². The SMILES string of the molecule is C=CC(=O)Nc1cc(C=CC2CCC(C(F)(F)F)CC2)c(OC)c(C2CC2)n1.